The average molecular weight is 359 g/mol. The van der Waals surface area contributed by atoms with Crippen molar-refractivity contribution < 1.29 is 14.4 Å². The van der Waals surface area contributed by atoms with E-state index < -0.39 is 11.6 Å². The van der Waals surface area contributed by atoms with Crippen LogP contribution in [0.4, 0.5) is 4.79 Å². The fourth-order valence-corrected chi connectivity index (χ4v) is 4.75. The third-order valence-corrected chi connectivity index (χ3v) is 6.40. The first-order valence-corrected chi connectivity index (χ1v) is 9.70. The van der Waals surface area contributed by atoms with E-state index in [1.165, 1.54) is 24.0 Å². The van der Waals surface area contributed by atoms with Crippen molar-refractivity contribution in [3.05, 3.63) is 29.3 Å². The fraction of sp³-hybridized carbons (Fsp3) is 0.500. The van der Waals surface area contributed by atoms with Crippen LogP contribution in [0, 0.1) is 0 Å². The Morgan fingerprint density at radius 3 is 2.64 bits per heavy atom. The van der Waals surface area contributed by atoms with Crippen LogP contribution in [0.15, 0.2) is 23.1 Å². The maximum Gasteiger partial charge on any atom is 0.322 e. The lowest BCUT2D eigenvalue weighted by atomic mass is 9.88. The molecule has 2 saturated heterocycles. The van der Waals surface area contributed by atoms with Crippen molar-refractivity contribution in [2.45, 2.75) is 42.5 Å². The van der Waals surface area contributed by atoms with Crippen molar-refractivity contribution in [3.63, 3.8) is 0 Å². The molecule has 4 rings (SSSR count). The SMILES string of the molecule is O=C1NC(=O)C2(CCN(C(=O)CSc3ccc4c(c3)CCC4)CC2)N1. The Kier molecular flexibility index (Phi) is 4.19. The summed E-state index contributed by atoms with van der Waals surface area (Å²) in [6.45, 7) is 0.995. The van der Waals surface area contributed by atoms with E-state index in [1.54, 1.807) is 16.7 Å². The number of likely N-dealkylation sites (tertiary alicyclic amines) is 1. The number of rotatable bonds is 3. The quantitative estimate of drug-likeness (QED) is 0.633. The molecule has 4 amide bonds. The molecule has 7 heteroatoms. The van der Waals surface area contributed by atoms with Gasteiger partial charge in [0.15, 0.2) is 0 Å². The highest BCUT2D eigenvalue weighted by atomic mass is 32.2. The van der Waals surface area contributed by atoms with Gasteiger partial charge in [0.05, 0.1) is 5.75 Å². The molecule has 2 fully saturated rings. The number of fused-ring (bicyclic) bond motifs is 1. The van der Waals surface area contributed by atoms with Crippen molar-refractivity contribution >= 4 is 29.6 Å². The van der Waals surface area contributed by atoms with Crippen molar-refractivity contribution in [2.24, 2.45) is 0 Å². The number of nitrogens with one attached hydrogen (secondary N) is 2. The zero-order valence-electron chi connectivity index (χ0n) is 14.0. The molecule has 0 unspecified atom stereocenters. The van der Waals surface area contributed by atoms with Crippen molar-refractivity contribution in [2.75, 3.05) is 18.8 Å². The van der Waals surface area contributed by atoms with Gasteiger partial charge in [-0.2, -0.15) is 0 Å². The molecule has 132 valence electrons. The largest absolute Gasteiger partial charge is 0.342 e. The predicted octanol–water partition coefficient (Wildman–Crippen LogP) is 1.47. The molecule has 3 aliphatic rings. The maximum absolute atomic E-state index is 12.5. The number of imide groups is 1. The molecule has 0 bridgehead atoms. The minimum Gasteiger partial charge on any atom is -0.342 e. The van der Waals surface area contributed by atoms with E-state index in [4.69, 9.17) is 0 Å². The summed E-state index contributed by atoms with van der Waals surface area (Å²) in [6.07, 6.45) is 4.47. The number of amides is 4. The van der Waals surface area contributed by atoms with Crippen LogP contribution in [-0.2, 0) is 22.4 Å². The molecule has 0 atom stereocenters. The summed E-state index contributed by atoms with van der Waals surface area (Å²) in [6, 6.07) is 6.06. The van der Waals surface area contributed by atoms with Gasteiger partial charge in [-0.25, -0.2) is 4.79 Å². The van der Waals surface area contributed by atoms with Crippen molar-refractivity contribution in [1.82, 2.24) is 15.5 Å². The van der Waals surface area contributed by atoms with Gasteiger partial charge >= 0.3 is 6.03 Å². The third-order valence-electron chi connectivity index (χ3n) is 5.42. The van der Waals surface area contributed by atoms with E-state index in [-0.39, 0.29) is 11.8 Å². The molecular weight excluding hydrogens is 338 g/mol. The number of hydrogen-bond acceptors (Lipinski definition) is 4. The van der Waals surface area contributed by atoms with Gasteiger partial charge in [0.25, 0.3) is 5.91 Å². The van der Waals surface area contributed by atoms with Crippen LogP contribution in [0.25, 0.3) is 0 Å². The molecule has 0 aromatic heterocycles. The summed E-state index contributed by atoms with van der Waals surface area (Å²) in [7, 11) is 0. The lowest BCUT2D eigenvalue weighted by molar-refractivity contribution is -0.133. The Bertz CT molecular complexity index is 741. The Labute approximate surface area is 150 Å². The van der Waals surface area contributed by atoms with E-state index in [2.05, 4.69) is 28.8 Å². The third kappa shape index (κ3) is 3.13. The number of benzene rings is 1. The Morgan fingerprint density at radius 1 is 1.16 bits per heavy atom. The minimum atomic E-state index is -0.818. The van der Waals surface area contributed by atoms with Gasteiger partial charge in [0.1, 0.15) is 5.54 Å². The fourth-order valence-electron chi connectivity index (χ4n) is 3.89. The van der Waals surface area contributed by atoms with Gasteiger partial charge < -0.3 is 10.2 Å². The van der Waals surface area contributed by atoms with Crippen molar-refractivity contribution in [3.8, 4) is 0 Å². The van der Waals surface area contributed by atoms with E-state index in [1.807, 2.05) is 0 Å². The number of thioether (sulfide) groups is 1. The standard InChI is InChI=1S/C18H21N3O3S/c22-15(11-25-14-5-4-12-2-1-3-13(12)10-14)21-8-6-18(7-9-21)16(23)19-17(24)20-18/h4-5,10H,1-3,6-9,11H2,(H2,19,20,23,24). The van der Waals surface area contributed by atoms with Gasteiger partial charge in [-0.05, 0) is 55.4 Å². The summed E-state index contributed by atoms with van der Waals surface area (Å²) in [5.74, 6) is 0.229. The molecule has 1 aromatic rings. The number of piperidine rings is 1. The Hall–Kier alpha value is -2.02. The molecule has 1 spiro atoms. The summed E-state index contributed by atoms with van der Waals surface area (Å²) < 4.78 is 0. The van der Waals surface area contributed by atoms with Crippen LogP contribution in [0.2, 0.25) is 0 Å². The highest BCUT2D eigenvalue weighted by Crippen LogP contribution is 2.29. The molecule has 1 aromatic carbocycles. The summed E-state index contributed by atoms with van der Waals surface area (Å²) in [5.41, 5.74) is 2.04. The maximum atomic E-state index is 12.5. The zero-order chi connectivity index (χ0) is 17.4. The average Bonchev–Trinajstić information content (AvgIpc) is 3.17. The first-order chi connectivity index (χ1) is 12.1. The topological polar surface area (TPSA) is 78.5 Å². The van der Waals surface area contributed by atoms with Gasteiger partial charge in [-0.3, -0.25) is 14.9 Å². The van der Waals surface area contributed by atoms with Crippen LogP contribution in [0.3, 0.4) is 0 Å². The van der Waals surface area contributed by atoms with E-state index >= 15 is 0 Å². The second kappa shape index (κ2) is 6.37. The Morgan fingerprint density at radius 2 is 1.92 bits per heavy atom. The van der Waals surface area contributed by atoms with E-state index in [0.29, 0.717) is 31.7 Å². The highest BCUT2D eigenvalue weighted by Gasteiger charge is 2.48. The summed E-state index contributed by atoms with van der Waals surface area (Å²) in [4.78, 5) is 38.7. The highest BCUT2D eigenvalue weighted by molar-refractivity contribution is 8.00. The van der Waals surface area contributed by atoms with Crippen LogP contribution in [-0.4, -0.2) is 47.1 Å². The summed E-state index contributed by atoms with van der Waals surface area (Å²) >= 11 is 1.57. The van der Waals surface area contributed by atoms with Crippen LogP contribution in [0.5, 0.6) is 0 Å². The Balaban J connectivity index is 1.31. The van der Waals surface area contributed by atoms with Gasteiger partial charge in [-0.1, -0.05) is 6.07 Å². The number of hydrogen-bond donors (Lipinski definition) is 2. The van der Waals surface area contributed by atoms with Crippen LogP contribution < -0.4 is 10.6 Å². The number of carbonyl (C=O) groups excluding carboxylic acids is 3. The van der Waals surface area contributed by atoms with Crippen LogP contribution in [0.1, 0.15) is 30.4 Å². The molecule has 25 heavy (non-hydrogen) atoms. The number of nitrogens with zero attached hydrogens (tertiary/aromatic N) is 1. The minimum absolute atomic E-state index is 0.0880. The first kappa shape index (κ1) is 16.4. The molecule has 0 radical (unpaired) electrons. The molecule has 2 N–H and O–H groups in total. The second-order valence-corrected chi connectivity index (χ2v) is 7.99. The number of urea groups is 1. The molecule has 0 saturated carbocycles. The molecular formula is C18H21N3O3S. The van der Waals surface area contributed by atoms with E-state index in [9.17, 15) is 14.4 Å². The molecule has 2 heterocycles. The lowest BCUT2D eigenvalue weighted by Gasteiger charge is -2.36. The number of aryl methyl sites for hydroxylation is 2. The molecule has 2 aliphatic heterocycles. The summed E-state index contributed by atoms with van der Waals surface area (Å²) in [5, 5.41) is 5.01. The second-order valence-electron chi connectivity index (χ2n) is 6.94. The van der Waals surface area contributed by atoms with Crippen LogP contribution >= 0.6 is 11.8 Å². The van der Waals surface area contributed by atoms with E-state index in [0.717, 1.165) is 11.3 Å². The predicted molar refractivity (Wildman–Crippen MR) is 94.4 cm³/mol. The van der Waals surface area contributed by atoms with Gasteiger partial charge in [0, 0.05) is 18.0 Å². The number of carbonyl (C=O) groups is 3. The van der Waals surface area contributed by atoms with Gasteiger partial charge in [-0.15, -0.1) is 11.8 Å². The lowest BCUT2D eigenvalue weighted by Crippen LogP contribution is -2.56. The molecule has 6 nitrogen and oxygen atoms in total. The van der Waals surface area contributed by atoms with Gasteiger partial charge in [0.2, 0.25) is 5.91 Å². The van der Waals surface area contributed by atoms with Crippen molar-refractivity contribution in [1.29, 1.82) is 0 Å². The zero-order valence-corrected chi connectivity index (χ0v) is 14.8. The normalized spacial score (nSPS) is 21.2. The molecule has 1 aliphatic carbocycles. The first-order valence-electron chi connectivity index (χ1n) is 8.72. The monoisotopic (exact) mass is 359 g/mol. The smallest absolute Gasteiger partial charge is 0.322 e.